The minimum Gasteiger partial charge on any atom is -0.340 e. The Labute approximate surface area is 153 Å². The van der Waals surface area contributed by atoms with Gasteiger partial charge in [0.05, 0.1) is 12.6 Å². The third-order valence-electron chi connectivity index (χ3n) is 4.71. The summed E-state index contributed by atoms with van der Waals surface area (Å²) in [4.78, 5) is 37.8. The molecule has 0 N–H and O–H groups in total. The number of ketones is 1. The fourth-order valence-corrected chi connectivity index (χ4v) is 3.37. The van der Waals surface area contributed by atoms with Crippen LogP contribution in [0.3, 0.4) is 0 Å². The number of amides is 1. The molecule has 1 aliphatic rings. The first-order chi connectivity index (χ1) is 12.4. The summed E-state index contributed by atoms with van der Waals surface area (Å²) in [7, 11) is 1.75. The highest BCUT2D eigenvalue weighted by Crippen LogP contribution is 2.35. The van der Waals surface area contributed by atoms with Crippen molar-refractivity contribution in [3.63, 3.8) is 0 Å². The van der Waals surface area contributed by atoms with Gasteiger partial charge in [-0.25, -0.2) is 9.97 Å². The molecule has 2 heterocycles. The number of carbonyl (C=O) groups excluding carboxylic acids is 2. The molecule has 1 aromatic heterocycles. The number of likely N-dealkylation sites (N-methyl/N-ethyl adjacent to an activating group) is 1. The van der Waals surface area contributed by atoms with Gasteiger partial charge in [-0.1, -0.05) is 37.3 Å². The van der Waals surface area contributed by atoms with Crippen molar-refractivity contribution in [2.24, 2.45) is 0 Å². The Morgan fingerprint density at radius 2 is 1.92 bits per heavy atom. The minimum absolute atomic E-state index is 0.0195. The van der Waals surface area contributed by atoms with Crippen LogP contribution in [0.4, 0.5) is 11.5 Å². The van der Waals surface area contributed by atoms with E-state index in [1.165, 1.54) is 0 Å². The first-order valence-electron chi connectivity index (χ1n) is 8.94. The molecule has 1 amide bonds. The number of fused-ring (bicyclic) bond motifs is 1. The Bertz CT molecular complexity index is 820. The van der Waals surface area contributed by atoms with Crippen molar-refractivity contribution in [1.82, 2.24) is 9.97 Å². The quantitative estimate of drug-likeness (QED) is 0.774. The molecule has 2 aromatic rings. The Balaban J connectivity index is 1.97. The van der Waals surface area contributed by atoms with Crippen LogP contribution in [0, 0.1) is 0 Å². The Morgan fingerprint density at radius 3 is 2.54 bits per heavy atom. The third-order valence-corrected chi connectivity index (χ3v) is 4.71. The van der Waals surface area contributed by atoms with Crippen LogP contribution in [0.2, 0.25) is 0 Å². The summed E-state index contributed by atoms with van der Waals surface area (Å²) < 4.78 is 0. The molecule has 0 aliphatic carbocycles. The fraction of sp³-hybridized carbons (Fsp3) is 0.400. The predicted octanol–water partition coefficient (Wildman–Crippen LogP) is 2.87. The normalized spacial score (nSPS) is 16.8. The molecule has 26 heavy (non-hydrogen) atoms. The molecule has 3 rings (SSSR count). The Kier molecular flexibility index (Phi) is 5.02. The van der Waals surface area contributed by atoms with Crippen molar-refractivity contribution < 1.29 is 9.59 Å². The average molecular weight is 352 g/mol. The van der Waals surface area contributed by atoms with E-state index in [-0.39, 0.29) is 30.2 Å². The highest BCUT2D eigenvalue weighted by Gasteiger charge is 2.38. The molecule has 0 fully saturated rings. The molecule has 0 radical (unpaired) electrons. The highest BCUT2D eigenvalue weighted by atomic mass is 16.2. The first-order valence-corrected chi connectivity index (χ1v) is 8.94. The number of Topliss-reactive ketones (excluding diaryl/α,β-unsaturated/α-hetero) is 1. The van der Waals surface area contributed by atoms with E-state index in [1.807, 2.05) is 43.9 Å². The van der Waals surface area contributed by atoms with E-state index in [0.29, 0.717) is 23.5 Å². The zero-order valence-electron chi connectivity index (χ0n) is 15.6. The van der Waals surface area contributed by atoms with Crippen LogP contribution in [-0.4, -0.2) is 40.8 Å². The van der Waals surface area contributed by atoms with Crippen LogP contribution in [0.5, 0.6) is 0 Å². The summed E-state index contributed by atoms with van der Waals surface area (Å²) in [6.07, 6.45) is 2.48. The van der Waals surface area contributed by atoms with Gasteiger partial charge in [0.1, 0.15) is 17.6 Å². The second-order valence-electron chi connectivity index (χ2n) is 6.78. The molecule has 6 nitrogen and oxygen atoms in total. The van der Waals surface area contributed by atoms with Crippen molar-refractivity contribution >= 4 is 23.2 Å². The number of hydrogen-bond donors (Lipinski definition) is 0. The molecule has 136 valence electrons. The summed E-state index contributed by atoms with van der Waals surface area (Å²) in [6.45, 7) is 6.09. The number of anilines is 2. The third kappa shape index (κ3) is 3.19. The zero-order valence-corrected chi connectivity index (χ0v) is 15.6. The van der Waals surface area contributed by atoms with Crippen molar-refractivity contribution in [1.29, 1.82) is 0 Å². The largest absolute Gasteiger partial charge is 0.340 e. The molecule has 0 bridgehead atoms. The van der Waals surface area contributed by atoms with Crippen LogP contribution < -0.4 is 9.80 Å². The van der Waals surface area contributed by atoms with Gasteiger partial charge in [-0.2, -0.15) is 0 Å². The fourth-order valence-electron chi connectivity index (χ4n) is 3.37. The highest BCUT2D eigenvalue weighted by molar-refractivity contribution is 6.04. The number of aromatic nitrogens is 2. The van der Waals surface area contributed by atoms with Gasteiger partial charge in [-0.05, 0) is 20.3 Å². The van der Waals surface area contributed by atoms with Crippen LogP contribution >= 0.6 is 0 Å². The molecular weight excluding hydrogens is 328 g/mol. The second-order valence-corrected chi connectivity index (χ2v) is 6.78. The number of hydrogen-bond acceptors (Lipinski definition) is 5. The average Bonchev–Trinajstić information content (AvgIpc) is 2.64. The maximum absolute atomic E-state index is 12.7. The molecule has 6 heteroatoms. The number of nitrogens with zero attached hydrogens (tertiary/aromatic N) is 4. The number of rotatable bonds is 5. The van der Waals surface area contributed by atoms with E-state index in [0.717, 1.165) is 5.82 Å². The molecule has 0 spiro atoms. The van der Waals surface area contributed by atoms with Crippen LogP contribution in [0.1, 0.15) is 43.4 Å². The van der Waals surface area contributed by atoms with Crippen molar-refractivity contribution in [3.8, 4) is 0 Å². The van der Waals surface area contributed by atoms with Gasteiger partial charge >= 0.3 is 0 Å². The molecular formula is C20H24N4O2. The van der Waals surface area contributed by atoms with Gasteiger partial charge in [-0.3, -0.25) is 9.59 Å². The summed E-state index contributed by atoms with van der Waals surface area (Å²) in [5.74, 6) is 1.22. The van der Waals surface area contributed by atoms with E-state index in [9.17, 15) is 9.59 Å². The summed E-state index contributed by atoms with van der Waals surface area (Å²) in [6, 6.07) is 9.01. The van der Waals surface area contributed by atoms with Crippen LogP contribution in [0.25, 0.3) is 0 Å². The van der Waals surface area contributed by atoms with Gasteiger partial charge < -0.3 is 9.80 Å². The maximum Gasteiger partial charge on any atom is 0.249 e. The van der Waals surface area contributed by atoms with Gasteiger partial charge in [0.2, 0.25) is 5.91 Å². The predicted molar refractivity (Wildman–Crippen MR) is 102 cm³/mol. The summed E-state index contributed by atoms with van der Waals surface area (Å²) >= 11 is 0. The molecule has 1 atom stereocenters. The smallest absolute Gasteiger partial charge is 0.249 e. The maximum atomic E-state index is 12.7. The first kappa shape index (κ1) is 18.0. The molecule has 1 unspecified atom stereocenters. The van der Waals surface area contributed by atoms with Crippen LogP contribution in [-0.2, 0) is 11.2 Å². The number of benzene rings is 1. The van der Waals surface area contributed by atoms with Crippen LogP contribution in [0.15, 0.2) is 36.5 Å². The Hall–Kier alpha value is -2.76. The standard InChI is InChI=1S/C20H24N4O2/c1-5-15-20(26)23(4)16-12-21-18(22-19(16)24(15)13(2)3)11-17(25)14-9-7-6-8-10-14/h6-10,12-13,15H,5,11H2,1-4H3. The van der Waals surface area contributed by atoms with Gasteiger partial charge in [0.15, 0.2) is 11.6 Å². The summed E-state index contributed by atoms with van der Waals surface area (Å²) in [5, 5.41) is 0. The number of carbonyl (C=O) groups is 2. The zero-order chi connectivity index (χ0) is 18.8. The molecule has 1 aromatic carbocycles. The second kappa shape index (κ2) is 7.23. The van der Waals surface area contributed by atoms with Gasteiger partial charge in [0, 0.05) is 18.7 Å². The van der Waals surface area contributed by atoms with Gasteiger partial charge in [-0.15, -0.1) is 0 Å². The lowest BCUT2D eigenvalue weighted by Gasteiger charge is -2.42. The van der Waals surface area contributed by atoms with Crippen molar-refractivity contribution in [2.45, 2.75) is 45.7 Å². The van der Waals surface area contributed by atoms with E-state index in [1.54, 1.807) is 30.3 Å². The lowest BCUT2D eigenvalue weighted by Crippen LogP contribution is -2.55. The molecule has 0 saturated carbocycles. The van der Waals surface area contributed by atoms with E-state index in [2.05, 4.69) is 9.97 Å². The summed E-state index contributed by atoms with van der Waals surface area (Å²) in [5.41, 5.74) is 1.33. The van der Waals surface area contributed by atoms with E-state index in [4.69, 9.17) is 0 Å². The monoisotopic (exact) mass is 352 g/mol. The lowest BCUT2D eigenvalue weighted by atomic mass is 10.0. The SMILES string of the molecule is CCC1C(=O)N(C)c2cnc(CC(=O)c3ccccc3)nc2N1C(C)C. The van der Waals surface area contributed by atoms with Gasteiger partial charge in [0.25, 0.3) is 0 Å². The van der Waals surface area contributed by atoms with E-state index >= 15 is 0 Å². The molecule has 0 saturated heterocycles. The van der Waals surface area contributed by atoms with Crippen molar-refractivity contribution in [3.05, 3.63) is 47.9 Å². The Morgan fingerprint density at radius 1 is 1.23 bits per heavy atom. The van der Waals surface area contributed by atoms with E-state index < -0.39 is 0 Å². The van der Waals surface area contributed by atoms with Crippen molar-refractivity contribution in [2.75, 3.05) is 16.8 Å². The molecule has 1 aliphatic heterocycles. The topological polar surface area (TPSA) is 66.4 Å². The minimum atomic E-state index is -0.250. The lowest BCUT2D eigenvalue weighted by molar-refractivity contribution is -0.120.